The van der Waals surface area contributed by atoms with Gasteiger partial charge in [0.2, 0.25) is 0 Å². The van der Waals surface area contributed by atoms with Gasteiger partial charge in [-0.15, -0.1) is 0 Å². The van der Waals surface area contributed by atoms with Crippen molar-refractivity contribution in [2.24, 2.45) is 5.73 Å². The van der Waals surface area contributed by atoms with Crippen molar-refractivity contribution in [3.05, 3.63) is 57.8 Å². The molecule has 0 aliphatic rings. The summed E-state index contributed by atoms with van der Waals surface area (Å²) in [6, 6.07) is 10.2. The van der Waals surface area contributed by atoms with Gasteiger partial charge < -0.3 is 15.2 Å². The predicted octanol–water partition coefficient (Wildman–Crippen LogP) is 3.63. The second-order valence-corrected chi connectivity index (χ2v) is 5.13. The van der Waals surface area contributed by atoms with Gasteiger partial charge in [-0.25, -0.2) is 4.39 Å². The van der Waals surface area contributed by atoms with Crippen molar-refractivity contribution in [3.63, 3.8) is 0 Å². The van der Waals surface area contributed by atoms with Crippen LogP contribution in [-0.4, -0.2) is 7.11 Å². The minimum Gasteiger partial charge on any atom is -0.493 e. The molecule has 106 valence electrons. The molecule has 0 aromatic heterocycles. The summed E-state index contributed by atoms with van der Waals surface area (Å²) in [5, 5.41) is 0. The lowest BCUT2D eigenvalue weighted by atomic mass is 10.2. The first-order valence-electron chi connectivity index (χ1n) is 6.07. The van der Waals surface area contributed by atoms with Crippen molar-refractivity contribution in [1.29, 1.82) is 0 Å². The summed E-state index contributed by atoms with van der Waals surface area (Å²) in [7, 11) is 1.56. The molecule has 2 rings (SSSR count). The van der Waals surface area contributed by atoms with Crippen LogP contribution in [0.5, 0.6) is 11.5 Å². The van der Waals surface area contributed by atoms with E-state index >= 15 is 0 Å². The first kappa shape index (κ1) is 14.8. The van der Waals surface area contributed by atoms with E-state index in [1.807, 2.05) is 6.07 Å². The molecule has 5 heteroatoms. The lowest BCUT2D eigenvalue weighted by molar-refractivity contribution is 0.279. The van der Waals surface area contributed by atoms with Crippen LogP contribution in [0, 0.1) is 5.82 Å². The molecule has 0 saturated carbocycles. The van der Waals surface area contributed by atoms with E-state index in [1.165, 1.54) is 6.07 Å². The molecular weight excluding hydrogens is 325 g/mol. The van der Waals surface area contributed by atoms with Gasteiger partial charge in [0.1, 0.15) is 12.4 Å². The Morgan fingerprint density at radius 1 is 1.15 bits per heavy atom. The Bertz CT molecular complexity index is 604. The molecule has 0 bridgehead atoms. The number of rotatable bonds is 5. The Kier molecular flexibility index (Phi) is 4.98. The average molecular weight is 340 g/mol. The van der Waals surface area contributed by atoms with E-state index in [0.717, 1.165) is 10.0 Å². The molecule has 0 heterocycles. The van der Waals surface area contributed by atoms with Crippen LogP contribution in [0.1, 0.15) is 11.1 Å². The van der Waals surface area contributed by atoms with Crippen LogP contribution in [-0.2, 0) is 13.2 Å². The molecule has 0 unspecified atom stereocenters. The Morgan fingerprint density at radius 2 is 1.95 bits per heavy atom. The second-order valence-electron chi connectivity index (χ2n) is 4.21. The molecule has 0 fully saturated rings. The summed E-state index contributed by atoms with van der Waals surface area (Å²) in [6.07, 6.45) is 0. The van der Waals surface area contributed by atoms with Crippen LogP contribution in [0.3, 0.4) is 0 Å². The van der Waals surface area contributed by atoms with Crippen molar-refractivity contribution in [3.8, 4) is 11.5 Å². The molecule has 2 aromatic carbocycles. The minimum atomic E-state index is -0.304. The molecular formula is C15H15BrFNO2. The molecule has 0 aliphatic heterocycles. The normalized spacial score (nSPS) is 10.4. The third-order valence-corrected chi connectivity index (χ3v) is 3.35. The maximum absolute atomic E-state index is 13.6. The van der Waals surface area contributed by atoms with Crippen molar-refractivity contribution in [2.75, 3.05) is 7.11 Å². The molecule has 2 aromatic rings. The highest BCUT2D eigenvalue weighted by Crippen LogP contribution is 2.29. The van der Waals surface area contributed by atoms with Gasteiger partial charge >= 0.3 is 0 Å². The number of nitrogens with two attached hydrogens (primary N) is 1. The van der Waals surface area contributed by atoms with E-state index in [4.69, 9.17) is 15.2 Å². The van der Waals surface area contributed by atoms with Crippen molar-refractivity contribution in [1.82, 2.24) is 0 Å². The molecule has 3 nitrogen and oxygen atoms in total. The fraction of sp³-hybridized carbons (Fsp3) is 0.200. The molecule has 20 heavy (non-hydrogen) atoms. The monoisotopic (exact) mass is 339 g/mol. The summed E-state index contributed by atoms with van der Waals surface area (Å²) >= 11 is 3.31. The zero-order chi connectivity index (χ0) is 14.5. The molecule has 2 N–H and O–H groups in total. The maximum atomic E-state index is 13.6. The third kappa shape index (κ3) is 3.49. The summed E-state index contributed by atoms with van der Waals surface area (Å²) in [4.78, 5) is 0. The lowest BCUT2D eigenvalue weighted by Gasteiger charge is -2.12. The summed E-state index contributed by atoms with van der Waals surface area (Å²) < 4.78 is 25.3. The number of methoxy groups -OCH3 is 1. The smallest absolute Gasteiger partial charge is 0.161 e. The van der Waals surface area contributed by atoms with E-state index in [1.54, 1.807) is 31.4 Å². The van der Waals surface area contributed by atoms with Crippen molar-refractivity contribution >= 4 is 15.9 Å². The first-order valence-corrected chi connectivity index (χ1v) is 6.87. The predicted molar refractivity (Wildman–Crippen MR) is 79.3 cm³/mol. The van der Waals surface area contributed by atoms with Crippen LogP contribution in [0.2, 0.25) is 0 Å². The highest BCUT2D eigenvalue weighted by atomic mass is 79.9. The molecule has 0 spiro atoms. The quantitative estimate of drug-likeness (QED) is 0.904. The van der Waals surface area contributed by atoms with Gasteiger partial charge in [0.25, 0.3) is 0 Å². The zero-order valence-electron chi connectivity index (χ0n) is 11.0. The topological polar surface area (TPSA) is 44.5 Å². The van der Waals surface area contributed by atoms with Gasteiger partial charge in [0, 0.05) is 16.6 Å². The van der Waals surface area contributed by atoms with E-state index < -0.39 is 0 Å². The van der Waals surface area contributed by atoms with Gasteiger partial charge in [0.15, 0.2) is 11.5 Å². The first-order chi connectivity index (χ1) is 9.63. The molecule has 0 saturated heterocycles. The van der Waals surface area contributed by atoms with Crippen molar-refractivity contribution < 1.29 is 13.9 Å². The van der Waals surface area contributed by atoms with Gasteiger partial charge in [-0.05, 0) is 35.9 Å². The number of ether oxygens (including phenoxy) is 2. The van der Waals surface area contributed by atoms with Crippen LogP contribution in [0.4, 0.5) is 4.39 Å². The zero-order valence-corrected chi connectivity index (χ0v) is 12.6. The van der Waals surface area contributed by atoms with Gasteiger partial charge in [0.05, 0.1) is 7.11 Å². The number of benzene rings is 2. The summed E-state index contributed by atoms with van der Waals surface area (Å²) in [6.45, 7) is 0.529. The van der Waals surface area contributed by atoms with Gasteiger partial charge in [-0.1, -0.05) is 22.0 Å². The SMILES string of the molecule is COc1ccc(CN)cc1OCc1cc(Br)ccc1F. The average Bonchev–Trinajstić information content (AvgIpc) is 2.47. The lowest BCUT2D eigenvalue weighted by Crippen LogP contribution is -2.02. The highest BCUT2D eigenvalue weighted by Gasteiger charge is 2.08. The van der Waals surface area contributed by atoms with E-state index in [9.17, 15) is 4.39 Å². The summed E-state index contributed by atoms with van der Waals surface area (Å²) in [5.41, 5.74) is 7.00. The molecule has 0 amide bonds. The standard InChI is InChI=1S/C15H15BrFNO2/c1-19-14-5-2-10(8-18)6-15(14)20-9-11-7-12(16)3-4-13(11)17/h2-7H,8-9,18H2,1H3. The molecule has 0 atom stereocenters. The maximum Gasteiger partial charge on any atom is 0.161 e. The Balaban J connectivity index is 2.19. The van der Waals surface area contributed by atoms with Crippen LogP contribution < -0.4 is 15.2 Å². The molecule has 0 aliphatic carbocycles. The van der Waals surface area contributed by atoms with Crippen LogP contribution >= 0.6 is 15.9 Å². The highest BCUT2D eigenvalue weighted by molar-refractivity contribution is 9.10. The van der Waals surface area contributed by atoms with Gasteiger partial charge in [-0.3, -0.25) is 0 Å². The minimum absolute atomic E-state index is 0.121. The van der Waals surface area contributed by atoms with E-state index in [0.29, 0.717) is 23.6 Å². The third-order valence-electron chi connectivity index (χ3n) is 2.85. The second kappa shape index (κ2) is 6.72. The van der Waals surface area contributed by atoms with Crippen LogP contribution in [0.25, 0.3) is 0 Å². The van der Waals surface area contributed by atoms with E-state index in [2.05, 4.69) is 15.9 Å². The number of hydrogen-bond acceptors (Lipinski definition) is 3. The van der Waals surface area contributed by atoms with Crippen molar-refractivity contribution in [2.45, 2.75) is 13.2 Å². The Labute approximate surface area is 125 Å². The molecule has 0 radical (unpaired) electrons. The number of hydrogen-bond donors (Lipinski definition) is 1. The largest absolute Gasteiger partial charge is 0.493 e. The van der Waals surface area contributed by atoms with Crippen LogP contribution in [0.15, 0.2) is 40.9 Å². The Morgan fingerprint density at radius 3 is 2.65 bits per heavy atom. The Hall–Kier alpha value is -1.59. The fourth-order valence-electron chi connectivity index (χ4n) is 1.77. The van der Waals surface area contributed by atoms with E-state index in [-0.39, 0.29) is 12.4 Å². The fourth-order valence-corrected chi connectivity index (χ4v) is 2.18. The van der Waals surface area contributed by atoms with Gasteiger partial charge in [-0.2, -0.15) is 0 Å². The number of halogens is 2. The summed E-state index contributed by atoms with van der Waals surface area (Å²) in [5.74, 6) is 0.842.